The Kier molecular flexibility index (Phi) is 3.53. The van der Waals surface area contributed by atoms with E-state index in [1.165, 1.54) is 6.07 Å². The fourth-order valence-corrected chi connectivity index (χ4v) is 1.67. The van der Waals surface area contributed by atoms with Crippen molar-refractivity contribution in [3.05, 3.63) is 53.6 Å². The number of alkyl halides is 3. The molecule has 2 aromatic carbocycles. The number of nitrogens with two attached hydrogens (primary N) is 1. The van der Waals surface area contributed by atoms with Gasteiger partial charge >= 0.3 is 6.18 Å². The van der Waals surface area contributed by atoms with Gasteiger partial charge in [0.1, 0.15) is 0 Å². The van der Waals surface area contributed by atoms with Crippen LogP contribution in [0.25, 0.3) is 0 Å². The third-order valence-electron chi connectivity index (χ3n) is 2.65. The molecule has 3 nitrogen and oxygen atoms in total. The second-order valence-electron chi connectivity index (χ2n) is 4.12. The van der Waals surface area contributed by atoms with Crippen LogP contribution in [0.2, 0.25) is 0 Å². The van der Waals surface area contributed by atoms with E-state index in [0.29, 0.717) is 16.9 Å². The molecule has 0 unspecified atom stereocenters. The molecular formula is C14H10F3N3. The Bertz CT molecular complexity index is 672. The first-order chi connectivity index (χ1) is 9.40. The molecule has 6 heteroatoms. The second-order valence-corrected chi connectivity index (χ2v) is 4.12. The number of nitriles is 1. The van der Waals surface area contributed by atoms with E-state index in [1.807, 2.05) is 6.07 Å². The molecule has 0 fully saturated rings. The number of nitrogens with one attached hydrogen (secondary N) is 1. The third kappa shape index (κ3) is 3.01. The summed E-state index contributed by atoms with van der Waals surface area (Å²) in [5, 5.41) is 11.7. The second kappa shape index (κ2) is 5.13. The third-order valence-corrected chi connectivity index (χ3v) is 2.65. The number of nitrogens with zero attached hydrogens (tertiary/aromatic N) is 1. The predicted octanol–water partition coefficient (Wildman–Crippen LogP) is 3.90. The lowest BCUT2D eigenvalue weighted by Gasteiger charge is -2.12. The highest BCUT2D eigenvalue weighted by Gasteiger charge is 2.30. The average molecular weight is 277 g/mol. The molecule has 0 aliphatic rings. The van der Waals surface area contributed by atoms with Crippen molar-refractivity contribution in [1.29, 1.82) is 5.26 Å². The number of rotatable bonds is 2. The van der Waals surface area contributed by atoms with Gasteiger partial charge in [-0.25, -0.2) is 0 Å². The molecule has 0 amide bonds. The van der Waals surface area contributed by atoms with Crippen LogP contribution in [0.3, 0.4) is 0 Å². The summed E-state index contributed by atoms with van der Waals surface area (Å²) in [7, 11) is 0. The van der Waals surface area contributed by atoms with Gasteiger partial charge in [-0.05, 0) is 36.4 Å². The summed E-state index contributed by atoms with van der Waals surface area (Å²) < 4.78 is 37.5. The molecule has 0 bridgehead atoms. The molecule has 0 atom stereocenters. The summed E-state index contributed by atoms with van der Waals surface area (Å²) in [5.41, 5.74) is 6.18. The molecule has 0 saturated heterocycles. The molecule has 0 aliphatic carbocycles. The molecule has 102 valence electrons. The summed E-state index contributed by atoms with van der Waals surface area (Å²) in [6.45, 7) is 0. The van der Waals surface area contributed by atoms with Crippen molar-refractivity contribution in [2.24, 2.45) is 0 Å². The van der Waals surface area contributed by atoms with E-state index < -0.39 is 11.7 Å². The Morgan fingerprint density at radius 3 is 2.45 bits per heavy atom. The van der Waals surface area contributed by atoms with Crippen LogP contribution in [0.1, 0.15) is 11.1 Å². The molecule has 0 saturated carbocycles. The lowest BCUT2D eigenvalue weighted by Crippen LogP contribution is -2.06. The van der Waals surface area contributed by atoms with Crippen LogP contribution < -0.4 is 11.1 Å². The maximum Gasteiger partial charge on any atom is 0.416 e. The van der Waals surface area contributed by atoms with Gasteiger partial charge in [-0.3, -0.25) is 0 Å². The lowest BCUT2D eigenvalue weighted by molar-refractivity contribution is -0.137. The van der Waals surface area contributed by atoms with Gasteiger partial charge in [-0.1, -0.05) is 6.07 Å². The Morgan fingerprint density at radius 1 is 1.10 bits per heavy atom. The summed E-state index contributed by atoms with van der Waals surface area (Å²) >= 11 is 0. The van der Waals surface area contributed by atoms with Gasteiger partial charge in [0.05, 0.1) is 28.6 Å². The minimum atomic E-state index is -4.42. The lowest BCUT2D eigenvalue weighted by atomic mass is 10.1. The van der Waals surface area contributed by atoms with E-state index in [-0.39, 0.29) is 5.69 Å². The summed E-state index contributed by atoms with van der Waals surface area (Å²) in [4.78, 5) is 0. The highest BCUT2D eigenvalue weighted by atomic mass is 19.4. The molecule has 0 radical (unpaired) electrons. The Morgan fingerprint density at radius 2 is 1.85 bits per heavy atom. The molecule has 0 spiro atoms. The fourth-order valence-electron chi connectivity index (χ4n) is 1.67. The maximum absolute atomic E-state index is 12.5. The first-order valence-electron chi connectivity index (χ1n) is 5.64. The van der Waals surface area contributed by atoms with Crippen LogP contribution in [0.4, 0.5) is 30.2 Å². The molecular weight excluding hydrogens is 267 g/mol. The molecule has 2 rings (SSSR count). The van der Waals surface area contributed by atoms with E-state index in [1.54, 1.807) is 24.3 Å². The van der Waals surface area contributed by atoms with E-state index in [2.05, 4.69) is 5.32 Å². The van der Waals surface area contributed by atoms with Gasteiger partial charge < -0.3 is 11.1 Å². The van der Waals surface area contributed by atoms with Crippen LogP contribution in [-0.4, -0.2) is 0 Å². The van der Waals surface area contributed by atoms with Gasteiger partial charge in [-0.15, -0.1) is 0 Å². The van der Waals surface area contributed by atoms with E-state index >= 15 is 0 Å². The smallest absolute Gasteiger partial charge is 0.397 e. The monoisotopic (exact) mass is 277 g/mol. The molecule has 0 aromatic heterocycles. The zero-order chi connectivity index (χ0) is 14.8. The summed E-state index contributed by atoms with van der Waals surface area (Å²) in [6, 6.07) is 11.6. The standard InChI is InChI=1S/C14H10F3N3/c15-14(16,17)10-4-5-13(12(19)7-10)20-11-3-1-2-9(6-11)8-18/h1-7,20H,19H2. The number of benzene rings is 2. The maximum atomic E-state index is 12.5. The van der Waals surface area contributed by atoms with E-state index in [9.17, 15) is 13.2 Å². The van der Waals surface area contributed by atoms with Crippen molar-refractivity contribution in [3.8, 4) is 6.07 Å². The number of anilines is 3. The van der Waals surface area contributed by atoms with Gasteiger partial charge in [0.15, 0.2) is 0 Å². The van der Waals surface area contributed by atoms with Crippen molar-refractivity contribution < 1.29 is 13.2 Å². The van der Waals surface area contributed by atoms with Gasteiger partial charge in [0, 0.05) is 5.69 Å². The van der Waals surface area contributed by atoms with Crippen molar-refractivity contribution in [2.75, 3.05) is 11.1 Å². The van der Waals surface area contributed by atoms with Crippen LogP contribution in [0, 0.1) is 11.3 Å². The fraction of sp³-hybridized carbons (Fsp3) is 0.0714. The number of nitrogen functional groups attached to an aromatic ring is 1. The van der Waals surface area contributed by atoms with E-state index in [0.717, 1.165) is 12.1 Å². The van der Waals surface area contributed by atoms with Crippen LogP contribution in [0.15, 0.2) is 42.5 Å². The summed E-state index contributed by atoms with van der Waals surface area (Å²) in [6.07, 6.45) is -4.42. The van der Waals surface area contributed by atoms with Gasteiger partial charge in [0.25, 0.3) is 0 Å². The number of hydrogen-bond donors (Lipinski definition) is 2. The van der Waals surface area contributed by atoms with Gasteiger partial charge in [-0.2, -0.15) is 18.4 Å². The summed E-state index contributed by atoms with van der Waals surface area (Å²) in [5.74, 6) is 0. The highest BCUT2D eigenvalue weighted by molar-refractivity contribution is 5.73. The Balaban J connectivity index is 2.28. The van der Waals surface area contributed by atoms with Gasteiger partial charge in [0.2, 0.25) is 0 Å². The van der Waals surface area contributed by atoms with Crippen molar-refractivity contribution in [1.82, 2.24) is 0 Å². The van der Waals surface area contributed by atoms with Crippen LogP contribution >= 0.6 is 0 Å². The zero-order valence-electron chi connectivity index (χ0n) is 10.2. The first kappa shape index (κ1) is 13.7. The normalized spacial score (nSPS) is 10.9. The topological polar surface area (TPSA) is 61.8 Å². The Hall–Kier alpha value is -2.68. The molecule has 3 N–H and O–H groups in total. The van der Waals surface area contributed by atoms with Crippen LogP contribution in [0.5, 0.6) is 0 Å². The largest absolute Gasteiger partial charge is 0.416 e. The highest BCUT2D eigenvalue weighted by Crippen LogP contribution is 2.33. The molecule has 0 aliphatic heterocycles. The van der Waals surface area contributed by atoms with Crippen molar-refractivity contribution in [3.63, 3.8) is 0 Å². The quantitative estimate of drug-likeness (QED) is 0.818. The van der Waals surface area contributed by atoms with Crippen molar-refractivity contribution in [2.45, 2.75) is 6.18 Å². The number of halogens is 3. The van der Waals surface area contributed by atoms with E-state index in [4.69, 9.17) is 11.0 Å². The minimum absolute atomic E-state index is 0.0119. The average Bonchev–Trinajstić information content (AvgIpc) is 2.40. The molecule has 0 heterocycles. The zero-order valence-corrected chi connectivity index (χ0v) is 10.2. The van der Waals surface area contributed by atoms with Crippen molar-refractivity contribution >= 4 is 17.1 Å². The SMILES string of the molecule is N#Cc1cccc(Nc2ccc(C(F)(F)F)cc2N)c1. The van der Waals surface area contributed by atoms with Crippen LogP contribution in [-0.2, 0) is 6.18 Å². The Labute approximate surface area is 113 Å². The predicted molar refractivity (Wildman–Crippen MR) is 70.3 cm³/mol. The minimum Gasteiger partial charge on any atom is -0.397 e. The number of hydrogen-bond acceptors (Lipinski definition) is 3. The molecule has 2 aromatic rings. The first-order valence-corrected chi connectivity index (χ1v) is 5.64. The molecule has 20 heavy (non-hydrogen) atoms.